The number of fused-ring (bicyclic) bond motifs is 1. The van der Waals surface area contributed by atoms with E-state index in [1.807, 2.05) is 31.2 Å². The van der Waals surface area contributed by atoms with Gasteiger partial charge in [0, 0.05) is 30.2 Å². The highest BCUT2D eigenvalue weighted by atomic mass is 32.1. The van der Waals surface area contributed by atoms with Crippen LogP contribution in [0.4, 0.5) is 5.00 Å². The predicted molar refractivity (Wildman–Crippen MR) is 125 cm³/mol. The summed E-state index contributed by atoms with van der Waals surface area (Å²) in [5.41, 5.74) is 2.46. The molecule has 9 heteroatoms. The summed E-state index contributed by atoms with van der Waals surface area (Å²) < 4.78 is 7.01. The molecule has 4 rings (SSSR count). The lowest BCUT2D eigenvalue weighted by molar-refractivity contribution is -0.132. The van der Waals surface area contributed by atoms with Crippen LogP contribution in [0.1, 0.15) is 40.8 Å². The van der Waals surface area contributed by atoms with Gasteiger partial charge in [0.1, 0.15) is 23.4 Å². The third kappa shape index (κ3) is 5.07. The number of carbonyl (C=O) groups excluding carboxylic acids is 2. The number of thiophene rings is 1. The van der Waals surface area contributed by atoms with Crippen LogP contribution < -0.4 is 10.1 Å². The van der Waals surface area contributed by atoms with E-state index in [4.69, 9.17) is 4.74 Å². The second-order valence-corrected chi connectivity index (χ2v) is 9.16. The van der Waals surface area contributed by atoms with Crippen molar-refractivity contribution in [2.24, 2.45) is 0 Å². The highest BCUT2D eigenvalue weighted by Gasteiger charge is 2.27. The zero-order chi connectivity index (χ0) is 23.4. The molecule has 33 heavy (non-hydrogen) atoms. The van der Waals surface area contributed by atoms with Crippen molar-refractivity contribution < 1.29 is 14.3 Å². The van der Waals surface area contributed by atoms with Crippen LogP contribution in [0.5, 0.6) is 5.75 Å². The van der Waals surface area contributed by atoms with Gasteiger partial charge in [0.05, 0.1) is 25.5 Å². The summed E-state index contributed by atoms with van der Waals surface area (Å²) in [6.07, 6.45) is 5.90. The molecule has 1 aromatic carbocycles. The van der Waals surface area contributed by atoms with Crippen LogP contribution in [0.15, 0.2) is 43.0 Å². The van der Waals surface area contributed by atoms with Gasteiger partial charge in [-0.15, -0.1) is 11.3 Å². The van der Waals surface area contributed by atoms with Crippen molar-refractivity contribution in [2.75, 3.05) is 19.0 Å². The summed E-state index contributed by atoms with van der Waals surface area (Å²) in [5, 5.41) is 13.2. The lowest BCUT2D eigenvalue weighted by Crippen LogP contribution is -2.37. The van der Waals surface area contributed by atoms with Crippen LogP contribution in [0.25, 0.3) is 0 Å². The molecule has 0 aliphatic carbocycles. The number of aromatic nitrogens is 2. The van der Waals surface area contributed by atoms with Crippen molar-refractivity contribution in [1.29, 1.82) is 5.26 Å². The molecule has 0 saturated heterocycles. The summed E-state index contributed by atoms with van der Waals surface area (Å²) in [5.74, 6) is 0.609. The maximum Gasteiger partial charge on any atom is 0.242 e. The van der Waals surface area contributed by atoms with Gasteiger partial charge in [-0.25, -0.2) is 4.98 Å². The molecule has 3 aromatic rings. The number of nitrogens with zero attached hydrogens (tertiary/aromatic N) is 4. The summed E-state index contributed by atoms with van der Waals surface area (Å²) >= 11 is 1.39. The third-order valence-electron chi connectivity index (χ3n) is 5.81. The van der Waals surface area contributed by atoms with Gasteiger partial charge in [0.25, 0.3) is 0 Å². The van der Waals surface area contributed by atoms with Gasteiger partial charge in [-0.05, 0) is 35.6 Å². The molecule has 0 radical (unpaired) electrons. The molecule has 170 valence electrons. The Morgan fingerprint density at radius 2 is 2.24 bits per heavy atom. The number of ether oxygens (including phenoxy) is 1. The Morgan fingerprint density at radius 1 is 1.39 bits per heavy atom. The first kappa shape index (κ1) is 22.6. The SMILES string of the molecule is COc1cccc(C(C)CC(=O)Nc2sc3c(c2C#N)CCN(C(=O)Cn2ccnc2)C3)c1. The summed E-state index contributed by atoms with van der Waals surface area (Å²) in [6.45, 7) is 3.21. The first-order chi connectivity index (χ1) is 16.0. The monoisotopic (exact) mass is 463 g/mol. The highest BCUT2D eigenvalue weighted by molar-refractivity contribution is 7.16. The number of imidazole rings is 1. The highest BCUT2D eigenvalue weighted by Crippen LogP contribution is 2.37. The van der Waals surface area contributed by atoms with Crippen LogP contribution in [-0.2, 0) is 29.1 Å². The molecule has 1 N–H and O–H groups in total. The maximum atomic E-state index is 12.8. The normalized spacial score (nSPS) is 13.7. The van der Waals surface area contributed by atoms with E-state index in [0.717, 1.165) is 21.8 Å². The van der Waals surface area contributed by atoms with E-state index in [0.29, 0.717) is 30.1 Å². The number of methoxy groups -OCH3 is 1. The van der Waals surface area contributed by atoms with Crippen molar-refractivity contribution in [3.8, 4) is 11.8 Å². The number of amides is 2. The van der Waals surface area contributed by atoms with Crippen molar-refractivity contribution in [3.05, 3.63) is 64.6 Å². The number of rotatable bonds is 7. The Balaban J connectivity index is 1.43. The third-order valence-corrected chi connectivity index (χ3v) is 6.94. The minimum absolute atomic E-state index is 0.00302. The van der Waals surface area contributed by atoms with E-state index >= 15 is 0 Å². The molecule has 1 aliphatic rings. The molecule has 0 fully saturated rings. The van der Waals surface area contributed by atoms with Gasteiger partial charge >= 0.3 is 0 Å². The number of hydrogen-bond donors (Lipinski definition) is 1. The molecule has 2 amide bonds. The minimum Gasteiger partial charge on any atom is -0.497 e. The Hall–Kier alpha value is -3.64. The number of nitriles is 1. The molecule has 1 unspecified atom stereocenters. The summed E-state index contributed by atoms with van der Waals surface area (Å²) in [7, 11) is 1.62. The van der Waals surface area contributed by atoms with Crippen LogP contribution >= 0.6 is 11.3 Å². The van der Waals surface area contributed by atoms with Gasteiger partial charge < -0.3 is 19.5 Å². The average Bonchev–Trinajstić information content (AvgIpc) is 3.45. The summed E-state index contributed by atoms with van der Waals surface area (Å²) in [6, 6.07) is 9.93. The molecule has 1 aliphatic heterocycles. The molecule has 0 saturated carbocycles. The predicted octanol–water partition coefficient (Wildman–Crippen LogP) is 3.54. The molecule has 3 heterocycles. The van der Waals surface area contributed by atoms with Crippen LogP contribution in [0, 0.1) is 11.3 Å². The number of nitrogens with one attached hydrogen (secondary N) is 1. The Kier molecular flexibility index (Phi) is 6.75. The lowest BCUT2D eigenvalue weighted by atomic mass is 9.97. The number of benzene rings is 1. The van der Waals surface area contributed by atoms with Gasteiger partial charge in [0.15, 0.2) is 0 Å². The molecular weight excluding hydrogens is 438 g/mol. The second-order valence-electron chi connectivity index (χ2n) is 8.05. The fourth-order valence-corrected chi connectivity index (χ4v) is 5.21. The fraction of sp³-hybridized carbons (Fsp3) is 0.333. The number of hydrogen-bond acceptors (Lipinski definition) is 6. The van der Waals surface area contributed by atoms with Crippen molar-refractivity contribution in [3.63, 3.8) is 0 Å². The Bertz CT molecular complexity index is 1200. The average molecular weight is 464 g/mol. The Morgan fingerprint density at radius 3 is 2.97 bits per heavy atom. The van der Waals surface area contributed by atoms with Gasteiger partial charge in [-0.3, -0.25) is 9.59 Å². The minimum atomic E-state index is -0.145. The van der Waals surface area contributed by atoms with Crippen LogP contribution in [-0.4, -0.2) is 39.9 Å². The van der Waals surface area contributed by atoms with Gasteiger partial charge in [-0.2, -0.15) is 5.26 Å². The van der Waals surface area contributed by atoms with Crippen molar-refractivity contribution in [1.82, 2.24) is 14.5 Å². The molecule has 0 bridgehead atoms. The van der Waals surface area contributed by atoms with Crippen LogP contribution in [0.3, 0.4) is 0 Å². The molecule has 0 spiro atoms. The molecule has 1 atom stereocenters. The van der Waals surface area contributed by atoms with Crippen molar-refractivity contribution in [2.45, 2.75) is 38.8 Å². The van der Waals surface area contributed by atoms with E-state index < -0.39 is 0 Å². The standard InChI is InChI=1S/C24H25N5O3S/c1-16(17-4-3-5-18(11-17)32-2)10-22(30)27-24-20(12-25)19-6-8-29(13-21(19)33-24)23(31)14-28-9-7-26-15-28/h3-5,7,9,11,15-16H,6,8,10,13-14H2,1-2H3,(H,27,30). The topological polar surface area (TPSA) is 100 Å². The van der Waals surface area contributed by atoms with E-state index in [1.54, 1.807) is 35.3 Å². The van der Waals surface area contributed by atoms with E-state index in [-0.39, 0.29) is 30.7 Å². The zero-order valence-corrected chi connectivity index (χ0v) is 19.4. The van der Waals surface area contributed by atoms with Gasteiger partial charge in [-0.1, -0.05) is 19.1 Å². The molecule has 8 nitrogen and oxygen atoms in total. The largest absolute Gasteiger partial charge is 0.497 e. The van der Waals surface area contributed by atoms with E-state index in [9.17, 15) is 14.9 Å². The van der Waals surface area contributed by atoms with Crippen molar-refractivity contribution >= 4 is 28.2 Å². The Labute approximate surface area is 196 Å². The maximum absolute atomic E-state index is 12.8. The zero-order valence-electron chi connectivity index (χ0n) is 18.6. The second kappa shape index (κ2) is 9.88. The summed E-state index contributed by atoms with van der Waals surface area (Å²) in [4.78, 5) is 32.1. The fourth-order valence-electron chi connectivity index (χ4n) is 3.98. The first-order valence-corrected chi connectivity index (χ1v) is 11.5. The first-order valence-electron chi connectivity index (χ1n) is 10.7. The lowest BCUT2D eigenvalue weighted by Gasteiger charge is -2.27. The molecular formula is C24H25N5O3S. The molecule has 2 aromatic heterocycles. The van der Waals surface area contributed by atoms with E-state index in [1.165, 1.54) is 11.3 Å². The number of anilines is 1. The smallest absolute Gasteiger partial charge is 0.242 e. The quantitative estimate of drug-likeness (QED) is 0.578. The van der Waals surface area contributed by atoms with E-state index in [2.05, 4.69) is 16.4 Å². The van der Waals surface area contributed by atoms with Crippen LogP contribution in [0.2, 0.25) is 0 Å². The number of carbonyl (C=O) groups is 2. The van der Waals surface area contributed by atoms with Gasteiger partial charge in [0.2, 0.25) is 11.8 Å².